The third-order valence-electron chi connectivity index (χ3n) is 2.82. The Morgan fingerprint density at radius 3 is 2.44 bits per heavy atom. The number of hydrogen-bond donors (Lipinski definition) is 2. The molecule has 0 aliphatic heterocycles. The molecule has 0 bridgehead atoms. The van der Waals surface area contributed by atoms with Gasteiger partial charge in [-0.05, 0) is 12.3 Å². The van der Waals surface area contributed by atoms with Crippen molar-refractivity contribution < 1.29 is 10.3 Å². The zero-order valence-electron chi connectivity index (χ0n) is 9.80. The van der Waals surface area contributed by atoms with Crippen LogP contribution in [0.2, 0.25) is 0 Å². The summed E-state index contributed by atoms with van der Waals surface area (Å²) < 4.78 is 0. The first-order chi connectivity index (χ1) is 7.69. The fourth-order valence-electron chi connectivity index (χ4n) is 1.59. The molecule has 3 heteroatoms. The largest absolute Gasteiger partial charge is 0.411 e. The third kappa shape index (κ3) is 3.35. The van der Waals surface area contributed by atoms with E-state index in [1.54, 1.807) is 0 Å². The maximum atomic E-state index is 9.97. The second-order valence-corrected chi connectivity index (χ2v) is 4.12. The minimum Gasteiger partial charge on any atom is -0.411 e. The van der Waals surface area contributed by atoms with Crippen LogP contribution in [0.5, 0.6) is 0 Å². The van der Waals surface area contributed by atoms with Crippen LogP contribution < -0.4 is 0 Å². The van der Waals surface area contributed by atoms with E-state index < -0.39 is 6.10 Å². The molecule has 2 N–H and O–H groups in total. The lowest BCUT2D eigenvalue weighted by molar-refractivity contribution is 0.199. The van der Waals surface area contributed by atoms with E-state index in [2.05, 4.69) is 19.0 Å². The highest BCUT2D eigenvalue weighted by atomic mass is 16.4. The van der Waals surface area contributed by atoms with Crippen LogP contribution in [-0.4, -0.2) is 22.1 Å². The summed E-state index contributed by atoms with van der Waals surface area (Å²) in [5, 5.41) is 22.1. The predicted octanol–water partition coefficient (Wildman–Crippen LogP) is 2.66. The monoisotopic (exact) mass is 221 g/mol. The van der Waals surface area contributed by atoms with Gasteiger partial charge in [-0.2, -0.15) is 0 Å². The predicted molar refractivity (Wildman–Crippen MR) is 64.8 cm³/mol. The van der Waals surface area contributed by atoms with E-state index in [-0.39, 0.29) is 0 Å². The molecule has 1 aromatic rings. The van der Waals surface area contributed by atoms with Crippen LogP contribution in [0.4, 0.5) is 0 Å². The highest BCUT2D eigenvalue weighted by molar-refractivity contribution is 6.03. The molecule has 0 aliphatic rings. The van der Waals surface area contributed by atoms with Gasteiger partial charge in [0.15, 0.2) is 0 Å². The Kier molecular flexibility index (Phi) is 4.99. The summed E-state index contributed by atoms with van der Waals surface area (Å²) >= 11 is 0. The Hall–Kier alpha value is -1.35. The molecule has 0 aliphatic carbocycles. The zero-order valence-corrected chi connectivity index (χ0v) is 9.80. The minimum atomic E-state index is -0.706. The van der Waals surface area contributed by atoms with Crippen LogP contribution in [-0.2, 0) is 0 Å². The fourth-order valence-corrected chi connectivity index (χ4v) is 1.59. The molecular formula is C13H19NO2. The Labute approximate surface area is 96.4 Å². The van der Waals surface area contributed by atoms with Crippen molar-refractivity contribution in [3.8, 4) is 0 Å². The first kappa shape index (κ1) is 12.7. The summed E-state index contributed by atoms with van der Waals surface area (Å²) in [4.78, 5) is 0. The van der Waals surface area contributed by atoms with Crippen molar-refractivity contribution in [1.29, 1.82) is 0 Å². The molecule has 2 unspecified atom stereocenters. The van der Waals surface area contributed by atoms with Gasteiger partial charge in [-0.3, -0.25) is 0 Å². The maximum absolute atomic E-state index is 9.97. The van der Waals surface area contributed by atoms with Gasteiger partial charge >= 0.3 is 0 Å². The molecule has 0 saturated heterocycles. The minimum absolute atomic E-state index is 0.348. The standard InChI is InChI=1S/C13H19NO2/c1-3-10(2)9-12(15)13(14-16)11-7-5-4-6-8-11/h4-8,10,12,15-16H,3,9H2,1-2H3. The number of benzene rings is 1. The van der Waals surface area contributed by atoms with E-state index >= 15 is 0 Å². The Morgan fingerprint density at radius 1 is 1.31 bits per heavy atom. The molecule has 16 heavy (non-hydrogen) atoms. The van der Waals surface area contributed by atoms with Crippen LogP contribution in [0.15, 0.2) is 35.5 Å². The van der Waals surface area contributed by atoms with Crippen LogP contribution >= 0.6 is 0 Å². The molecule has 0 fully saturated rings. The van der Waals surface area contributed by atoms with Gasteiger partial charge in [-0.15, -0.1) is 0 Å². The van der Waals surface area contributed by atoms with E-state index in [9.17, 15) is 5.11 Å². The van der Waals surface area contributed by atoms with Gasteiger partial charge in [-0.1, -0.05) is 55.8 Å². The highest BCUT2D eigenvalue weighted by Crippen LogP contribution is 2.14. The second kappa shape index (κ2) is 6.28. The summed E-state index contributed by atoms with van der Waals surface area (Å²) in [5.74, 6) is 0.412. The number of nitrogens with zero attached hydrogens (tertiary/aromatic N) is 1. The maximum Gasteiger partial charge on any atom is 0.115 e. The lowest BCUT2D eigenvalue weighted by Gasteiger charge is -2.16. The lowest BCUT2D eigenvalue weighted by atomic mass is 9.95. The molecule has 1 rings (SSSR count). The van der Waals surface area contributed by atoms with Crippen molar-refractivity contribution in [1.82, 2.24) is 0 Å². The van der Waals surface area contributed by atoms with Gasteiger partial charge in [0.2, 0.25) is 0 Å². The molecular weight excluding hydrogens is 202 g/mol. The number of hydrogen-bond acceptors (Lipinski definition) is 3. The molecule has 2 atom stereocenters. The fraction of sp³-hybridized carbons (Fsp3) is 0.462. The molecule has 88 valence electrons. The van der Waals surface area contributed by atoms with Gasteiger partial charge in [0.25, 0.3) is 0 Å². The lowest BCUT2D eigenvalue weighted by Crippen LogP contribution is -2.24. The van der Waals surface area contributed by atoms with Gasteiger partial charge < -0.3 is 10.3 Å². The Morgan fingerprint density at radius 2 is 1.94 bits per heavy atom. The van der Waals surface area contributed by atoms with Gasteiger partial charge in [0.1, 0.15) is 11.8 Å². The number of oxime groups is 1. The van der Waals surface area contributed by atoms with Crippen LogP contribution in [0, 0.1) is 5.92 Å². The summed E-state index contributed by atoms with van der Waals surface area (Å²) in [6.45, 7) is 4.15. The number of aliphatic hydroxyl groups excluding tert-OH is 1. The second-order valence-electron chi connectivity index (χ2n) is 4.12. The van der Waals surface area contributed by atoms with Crippen molar-refractivity contribution >= 4 is 5.71 Å². The number of aliphatic hydroxyl groups is 1. The van der Waals surface area contributed by atoms with Crippen LogP contribution in [0.3, 0.4) is 0 Å². The van der Waals surface area contributed by atoms with Crippen molar-refractivity contribution in [2.75, 3.05) is 0 Å². The van der Waals surface area contributed by atoms with Gasteiger partial charge in [0.05, 0.1) is 0 Å². The van der Waals surface area contributed by atoms with E-state index in [0.29, 0.717) is 18.1 Å². The van der Waals surface area contributed by atoms with Crippen LogP contribution in [0.25, 0.3) is 0 Å². The van der Waals surface area contributed by atoms with E-state index in [1.807, 2.05) is 30.3 Å². The first-order valence-corrected chi connectivity index (χ1v) is 5.64. The molecule has 0 radical (unpaired) electrons. The topological polar surface area (TPSA) is 52.8 Å². The highest BCUT2D eigenvalue weighted by Gasteiger charge is 2.17. The molecule has 0 amide bonds. The normalized spacial score (nSPS) is 15.8. The quantitative estimate of drug-likeness (QED) is 0.456. The molecule has 0 aromatic heterocycles. The zero-order chi connectivity index (χ0) is 12.0. The average Bonchev–Trinajstić information content (AvgIpc) is 2.31. The van der Waals surface area contributed by atoms with Crippen molar-refractivity contribution in [3.05, 3.63) is 35.9 Å². The molecule has 0 heterocycles. The van der Waals surface area contributed by atoms with Crippen molar-refractivity contribution in [2.45, 2.75) is 32.8 Å². The van der Waals surface area contributed by atoms with E-state index in [1.165, 1.54) is 0 Å². The van der Waals surface area contributed by atoms with Gasteiger partial charge in [-0.25, -0.2) is 0 Å². The molecule has 0 spiro atoms. The SMILES string of the molecule is CCC(C)CC(O)C(=NO)c1ccccc1. The summed E-state index contributed by atoms with van der Waals surface area (Å²) in [5.41, 5.74) is 1.11. The molecule has 1 aromatic carbocycles. The smallest absolute Gasteiger partial charge is 0.115 e. The summed E-state index contributed by atoms with van der Waals surface area (Å²) in [6, 6.07) is 9.26. The molecule has 0 saturated carbocycles. The summed E-state index contributed by atoms with van der Waals surface area (Å²) in [6.07, 6.45) is 0.914. The van der Waals surface area contributed by atoms with Crippen molar-refractivity contribution in [2.24, 2.45) is 11.1 Å². The van der Waals surface area contributed by atoms with E-state index in [0.717, 1.165) is 12.0 Å². The number of rotatable bonds is 5. The third-order valence-corrected chi connectivity index (χ3v) is 2.82. The van der Waals surface area contributed by atoms with Crippen LogP contribution in [0.1, 0.15) is 32.3 Å². The van der Waals surface area contributed by atoms with E-state index in [4.69, 9.17) is 5.21 Å². The van der Waals surface area contributed by atoms with Gasteiger partial charge in [0, 0.05) is 5.56 Å². The summed E-state index contributed by atoms with van der Waals surface area (Å²) in [7, 11) is 0. The first-order valence-electron chi connectivity index (χ1n) is 5.64. The Balaban J connectivity index is 2.76. The molecule has 3 nitrogen and oxygen atoms in total. The Bertz CT molecular complexity index is 335. The average molecular weight is 221 g/mol. The van der Waals surface area contributed by atoms with Crippen molar-refractivity contribution in [3.63, 3.8) is 0 Å².